The first-order valence-electron chi connectivity index (χ1n) is 9.20. The minimum Gasteiger partial charge on any atom is -0.378 e. The van der Waals surface area contributed by atoms with E-state index in [-0.39, 0.29) is 24.0 Å². The molecule has 3 rings (SSSR count). The molecule has 0 atom stereocenters. The second kappa shape index (κ2) is 9.61. The Kier molecular flexibility index (Phi) is 6.70. The monoisotopic (exact) mass is 395 g/mol. The molecular weight excluding hydrogens is 374 g/mol. The highest BCUT2D eigenvalue weighted by molar-refractivity contribution is 5.94. The topological polar surface area (TPSA) is 102 Å². The Labute approximate surface area is 167 Å². The lowest BCUT2D eigenvalue weighted by atomic mass is 10.1. The first-order chi connectivity index (χ1) is 14.0. The maximum Gasteiger partial charge on any atom is 0.276 e. The van der Waals surface area contributed by atoms with Crippen LogP contribution in [0.4, 0.5) is 5.69 Å². The van der Waals surface area contributed by atoms with E-state index < -0.39 is 4.92 Å². The van der Waals surface area contributed by atoms with Crippen LogP contribution in [0.3, 0.4) is 0 Å². The Hall–Kier alpha value is -3.52. The van der Waals surface area contributed by atoms with Gasteiger partial charge in [0, 0.05) is 37.3 Å². The van der Waals surface area contributed by atoms with E-state index in [0.29, 0.717) is 37.4 Å². The van der Waals surface area contributed by atoms with Crippen LogP contribution < -0.4 is 5.32 Å². The van der Waals surface area contributed by atoms with E-state index in [4.69, 9.17) is 4.74 Å². The van der Waals surface area contributed by atoms with E-state index in [1.165, 1.54) is 18.2 Å². The van der Waals surface area contributed by atoms with Crippen molar-refractivity contribution in [3.05, 3.63) is 81.4 Å². The van der Waals surface area contributed by atoms with Gasteiger partial charge in [0.15, 0.2) is 0 Å². The van der Waals surface area contributed by atoms with Gasteiger partial charge >= 0.3 is 0 Å². The average Bonchev–Trinajstić information content (AvgIpc) is 2.77. The van der Waals surface area contributed by atoms with Crippen molar-refractivity contribution in [1.29, 1.82) is 0 Å². The van der Waals surface area contributed by atoms with Gasteiger partial charge in [0.25, 0.3) is 11.6 Å². The Morgan fingerprint density at radius 3 is 2.48 bits per heavy atom. The van der Waals surface area contributed by atoms with Gasteiger partial charge in [-0.2, -0.15) is 0 Å². The number of para-hydroxylation sites is 1. The van der Waals surface area contributed by atoms with Gasteiger partial charge in [0.2, 0.25) is 5.91 Å². The maximum absolute atomic E-state index is 12.4. The number of carbonyl (C=O) groups is 2. The fourth-order valence-corrected chi connectivity index (χ4v) is 2.92. The standard InChI is InChI=1S/C21H21N3O5/c25-20(10-9-17-3-1-2-4-19(17)24(27)28)22-15-16-5-7-18(8-6-16)21(26)23-11-13-29-14-12-23/h1-10H,11-15H2,(H,22,25)/b10-9+. The van der Waals surface area contributed by atoms with Crippen molar-refractivity contribution in [3.8, 4) is 0 Å². The SMILES string of the molecule is O=C(/C=C/c1ccccc1[N+](=O)[O-])NCc1ccc(C(=O)N2CCOCC2)cc1. The lowest BCUT2D eigenvalue weighted by Crippen LogP contribution is -2.40. The molecule has 0 bridgehead atoms. The van der Waals surface area contributed by atoms with Crippen LogP contribution in [-0.2, 0) is 16.1 Å². The molecule has 0 radical (unpaired) electrons. The lowest BCUT2D eigenvalue weighted by molar-refractivity contribution is -0.385. The van der Waals surface area contributed by atoms with Crippen LogP contribution in [0.1, 0.15) is 21.5 Å². The highest BCUT2D eigenvalue weighted by Gasteiger charge is 2.18. The molecule has 0 unspecified atom stereocenters. The Bertz CT molecular complexity index is 918. The molecule has 1 aliphatic rings. The summed E-state index contributed by atoms with van der Waals surface area (Å²) in [4.78, 5) is 36.7. The van der Waals surface area contributed by atoms with Crippen molar-refractivity contribution in [2.45, 2.75) is 6.54 Å². The lowest BCUT2D eigenvalue weighted by Gasteiger charge is -2.26. The van der Waals surface area contributed by atoms with Crippen LogP contribution in [0.2, 0.25) is 0 Å². The Morgan fingerprint density at radius 2 is 1.79 bits per heavy atom. The predicted octanol–water partition coefficient (Wildman–Crippen LogP) is 2.40. The number of nitrogens with one attached hydrogen (secondary N) is 1. The predicted molar refractivity (Wildman–Crippen MR) is 107 cm³/mol. The number of nitro benzene ring substituents is 1. The van der Waals surface area contributed by atoms with Gasteiger partial charge in [-0.05, 0) is 29.8 Å². The van der Waals surface area contributed by atoms with Crippen molar-refractivity contribution in [3.63, 3.8) is 0 Å². The number of nitrogens with zero attached hydrogens (tertiary/aromatic N) is 2. The zero-order chi connectivity index (χ0) is 20.6. The molecule has 2 amide bonds. The summed E-state index contributed by atoms with van der Waals surface area (Å²) in [5, 5.41) is 13.7. The summed E-state index contributed by atoms with van der Waals surface area (Å²) in [6.07, 6.45) is 2.68. The number of ether oxygens (including phenoxy) is 1. The first-order valence-corrected chi connectivity index (χ1v) is 9.20. The van der Waals surface area contributed by atoms with Crippen LogP contribution >= 0.6 is 0 Å². The van der Waals surface area contributed by atoms with Crippen molar-refractivity contribution >= 4 is 23.6 Å². The van der Waals surface area contributed by atoms with Crippen molar-refractivity contribution in [2.75, 3.05) is 26.3 Å². The molecule has 0 spiro atoms. The molecule has 1 heterocycles. The fourth-order valence-electron chi connectivity index (χ4n) is 2.92. The highest BCUT2D eigenvalue weighted by Crippen LogP contribution is 2.18. The van der Waals surface area contributed by atoms with Crippen LogP contribution in [0.15, 0.2) is 54.6 Å². The van der Waals surface area contributed by atoms with E-state index in [9.17, 15) is 19.7 Å². The molecule has 1 aliphatic heterocycles. The minimum atomic E-state index is -0.489. The van der Waals surface area contributed by atoms with Gasteiger partial charge < -0.3 is 15.0 Å². The van der Waals surface area contributed by atoms with E-state index in [1.54, 1.807) is 47.4 Å². The normalized spacial score (nSPS) is 14.0. The fraction of sp³-hybridized carbons (Fsp3) is 0.238. The molecule has 1 fully saturated rings. The summed E-state index contributed by atoms with van der Waals surface area (Å²) in [5.74, 6) is -0.395. The van der Waals surface area contributed by atoms with E-state index in [1.807, 2.05) is 0 Å². The summed E-state index contributed by atoms with van der Waals surface area (Å²) in [5.41, 5.74) is 1.74. The molecule has 0 aliphatic carbocycles. The summed E-state index contributed by atoms with van der Waals surface area (Å²) in [6.45, 7) is 2.56. The number of morpholine rings is 1. The van der Waals surface area contributed by atoms with Crippen LogP contribution in [0.5, 0.6) is 0 Å². The van der Waals surface area contributed by atoms with Crippen molar-refractivity contribution < 1.29 is 19.2 Å². The minimum absolute atomic E-state index is 0.0312. The zero-order valence-electron chi connectivity index (χ0n) is 15.7. The maximum atomic E-state index is 12.4. The molecule has 1 N–H and O–H groups in total. The molecule has 29 heavy (non-hydrogen) atoms. The number of carbonyl (C=O) groups excluding carboxylic acids is 2. The third-order valence-corrected chi connectivity index (χ3v) is 4.51. The Morgan fingerprint density at radius 1 is 1.10 bits per heavy atom. The third kappa shape index (κ3) is 5.49. The number of hydrogen-bond acceptors (Lipinski definition) is 5. The molecule has 1 saturated heterocycles. The summed E-state index contributed by atoms with van der Waals surface area (Å²) in [7, 11) is 0. The average molecular weight is 395 g/mol. The van der Waals surface area contributed by atoms with E-state index in [0.717, 1.165) is 5.56 Å². The molecule has 8 heteroatoms. The van der Waals surface area contributed by atoms with Gasteiger partial charge in [0.05, 0.1) is 23.7 Å². The Balaban J connectivity index is 1.54. The van der Waals surface area contributed by atoms with Gasteiger partial charge in [-0.1, -0.05) is 24.3 Å². The smallest absolute Gasteiger partial charge is 0.276 e. The second-order valence-electron chi connectivity index (χ2n) is 6.47. The molecule has 0 aromatic heterocycles. The molecule has 2 aromatic rings. The zero-order valence-corrected chi connectivity index (χ0v) is 15.7. The van der Waals surface area contributed by atoms with Crippen molar-refractivity contribution in [1.82, 2.24) is 10.2 Å². The van der Waals surface area contributed by atoms with Crippen molar-refractivity contribution in [2.24, 2.45) is 0 Å². The van der Waals surface area contributed by atoms with Crippen LogP contribution in [-0.4, -0.2) is 47.9 Å². The van der Waals surface area contributed by atoms with Crippen LogP contribution in [0, 0.1) is 10.1 Å². The third-order valence-electron chi connectivity index (χ3n) is 4.51. The summed E-state index contributed by atoms with van der Waals surface area (Å²) >= 11 is 0. The second-order valence-corrected chi connectivity index (χ2v) is 6.47. The number of nitro groups is 1. The molecule has 8 nitrogen and oxygen atoms in total. The van der Waals surface area contributed by atoms with E-state index in [2.05, 4.69) is 5.32 Å². The highest BCUT2D eigenvalue weighted by atomic mass is 16.6. The van der Waals surface area contributed by atoms with Gasteiger partial charge in [-0.25, -0.2) is 0 Å². The van der Waals surface area contributed by atoms with E-state index >= 15 is 0 Å². The molecule has 0 saturated carbocycles. The van der Waals surface area contributed by atoms with Gasteiger partial charge in [-0.3, -0.25) is 19.7 Å². The quantitative estimate of drug-likeness (QED) is 0.460. The number of amides is 2. The number of hydrogen-bond donors (Lipinski definition) is 1. The van der Waals surface area contributed by atoms with Gasteiger partial charge in [0.1, 0.15) is 0 Å². The van der Waals surface area contributed by atoms with Gasteiger partial charge in [-0.15, -0.1) is 0 Å². The molecule has 2 aromatic carbocycles. The van der Waals surface area contributed by atoms with Crippen LogP contribution in [0.25, 0.3) is 6.08 Å². The number of benzene rings is 2. The summed E-state index contributed by atoms with van der Waals surface area (Å²) in [6, 6.07) is 13.3. The number of rotatable bonds is 6. The molecular formula is C21H21N3O5. The summed E-state index contributed by atoms with van der Waals surface area (Å²) < 4.78 is 5.25. The first kappa shape index (κ1) is 20.2. The largest absolute Gasteiger partial charge is 0.378 e. The molecule has 150 valence electrons.